The molecule has 0 aromatic heterocycles. The van der Waals surface area contributed by atoms with Crippen molar-refractivity contribution >= 4 is 37.5 Å². The van der Waals surface area contributed by atoms with Crippen molar-refractivity contribution in [3.05, 3.63) is 94.5 Å². The van der Waals surface area contributed by atoms with E-state index < -0.39 is 15.9 Å². The van der Waals surface area contributed by atoms with Gasteiger partial charge in [-0.15, -0.1) is 0 Å². The Balaban J connectivity index is 1.82. The predicted molar refractivity (Wildman–Crippen MR) is 123 cm³/mol. The Morgan fingerprint density at radius 1 is 0.933 bits per heavy atom. The number of nitrogens with zero attached hydrogens (tertiary/aromatic N) is 1. The minimum absolute atomic E-state index is 0.176. The summed E-state index contributed by atoms with van der Waals surface area (Å²) >= 11 is 3.39. The molecule has 0 heterocycles. The molecule has 1 amide bonds. The molecule has 1 N–H and O–H groups in total. The van der Waals surface area contributed by atoms with E-state index in [2.05, 4.69) is 21.2 Å². The highest BCUT2D eigenvalue weighted by molar-refractivity contribution is 9.10. The first-order valence-corrected chi connectivity index (χ1v) is 11.7. The maximum atomic E-state index is 13.3. The van der Waals surface area contributed by atoms with E-state index in [0.717, 1.165) is 15.6 Å². The Labute approximate surface area is 185 Å². The zero-order chi connectivity index (χ0) is 21.6. The molecule has 0 aliphatic heterocycles. The highest BCUT2D eigenvalue weighted by Crippen LogP contribution is 2.22. The molecular weight excluding hydrogens is 464 g/mol. The van der Waals surface area contributed by atoms with Gasteiger partial charge in [-0.3, -0.25) is 4.79 Å². The summed E-state index contributed by atoms with van der Waals surface area (Å²) in [5.41, 5.74) is 2.57. The van der Waals surface area contributed by atoms with E-state index in [4.69, 9.17) is 0 Å². The highest BCUT2D eigenvalue weighted by atomic mass is 79.9. The number of hydrogen-bond acceptors (Lipinski definition) is 3. The molecular formula is C23H23BrN2O3S. The summed E-state index contributed by atoms with van der Waals surface area (Å²) in [4.78, 5) is 12.9. The van der Waals surface area contributed by atoms with Gasteiger partial charge >= 0.3 is 0 Å². The second-order valence-corrected chi connectivity index (χ2v) is 9.71. The molecule has 0 aliphatic rings. The zero-order valence-electron chi connectivity index (χ0n) is 16.6. The Bertz CT molecular complexity index is 1100. The van der Waals surface area contributed by atoms with E-state index in [9.17, 15) is 13.2 Å². The van der Waals surface area contributed by atoms with Gasteiger partial charge in [-0.25, -0.2) is 8.42 Å². The number of para-hydroxylation sites is 1. The second kappa shape index (κ2) is 10.0. The Hall–Kier alpha value is -2.48. The van der Waals surface area contributed by atoms with Crippen LogP contribution in [-0.4, -0.2) is 31.7 Å². The van der Waals surface area contributed by atoms with Crippen LogP contribution in [0, 0.1) is 6.92 Å². The number of benzene rings is 3. The minimum Gasteiger partial charge on any atom is -0.324 e. The highest BCUT2D eigenvalue weighted by Gasteiger charge is 2.26. The monoisotopic (exact) mass is 486 g/mol. The SMILES string of the molecule is Cc1ccc(S(=O)(=O)N(CCc2ccccc2)CC(=O)Nc2ccccc2Br)cc1. The zero-order valence-corrected chi connectivity index (χ0v) is 19.0. The summed E-state index contributed by atoms with van der Waals surface area (Å²) in [5, 5.41) is 2.78. The van der Waals surface area contributed by atoms with Crippen LogP contribution in [0.25, 0.3) is 0 Å². The first-order valence-electron chi connectivity index (χ1n) is 9.51. The van der Waals surface area contributed by atoms with Crippen LogP contribution in [0.5, 0.6) is 0 Å². The van der Waals surface area contributed by atoms with Crippen LogP contribution in [-0.2, 0) is 21.2 Å². The van der Waals surface area contributed by atoms with Gasteiger partial charge in [-0.05, 0) is 59.1 Å². The third-order valence-corrected chi connectivity index (χ3v) is 7.17. The van der Waals surface area contributed by atoms with Crippen molar-refractivity contribution in [3.8, 4) is 0 Å². The number of sulfonamides is 1. The lowest BCUT2D eigenvalue weighted by Crippen LogP contribution is -2.39. The van der Waals surface area contributed by atoms with Crippen molar-refractivity contribution in [2.75, 3.05) is 18.4 Å². The van der Waals surface area contributed by atoms with E-state index >= 15 is 0 Å². The predicted octanol–water partition coefficient (Wildman–Crippen LogP) is 4.63. The van der Waals surface area contributed by atoms with Gasteiger partial charge in [0.15, 0.2) is 0 Å². The number of aryl methyl sites for hydroxylation is 1. The van der Waals surface area contributed by atoms with Crippen LogP contribution in [0.2, 0.25) is 0 Å². The maximum Gasteiger partial charge on any atom is 0.243 e. The molecule has 3 rings (SSSR count). The van der Waals surface area contributed by atoms with Crippen molar-refractivity contribution in [1.82, 2.24) is 4.31 Å². The molecule has 0 fully saturated rings. The van der Waals surface area contributed by atoms with Crippen molar-refractivity contribution in [3.63, 3.8) is 0 Å². The fourth-order valence-corrected chi connectivity index (χ4v) is 4.74. The summed E-state index contributed by atoms with van der Waals surface area (Å²) in [7, 11) is -3.82. The summed E-state index contributed by atoms with van der Waals surface area (Å²) in [6.07, 6.45) is 0.508. The number of anilines is 1. The standard InChI is InChI=1S/C23H23BrN2O3S/c1-18-11-13-20(14-12-18)30(28,29)26(16-15-19-7-3-2-4-8-19)17-23(27)25-22-10-6-5-9-21(22)24/h2-14H,15-17H2,1H3,(H,25,27). The van der Waals surface area contributed by atoms with Gasteiger partial charge in [0.25, 0.3) is 0 Å². The quantitative estimate of drug-likeness (QED) is 0.504. The lowest BCUT2D eigenvalue weighted by atomic mass is 10.1. The van der Waals surface area contributed by atoms with Crippen LogP contribution in [0.15, 0.2) is 88.2 Å². The number of halogens is 1. The van der Waals surface area contributed by atoms with Gasteiger partial charge in [-0.1, -0.05) is 60.2 Å². The van der Waals surface area contributed by atoms with Gasteiger partial charge in [0.1, 0.15) is 0 Å². The molecule has 0 spiro atoms. The number of hydrogen-bond donors (Lipinski definition) is 1. The van der Waals surface area contributed by atoms with Crippen LogP contribution < -0.4 is 5.32 Å². The van der Waals surface area contributed by atoms with Gasteiger partial charge in [0, 0.05) is 11.0 Å². The van der Waals surface area contributed by atoms with Crippen molar-refractivity contribution in [2.45, 2.75) is 18.2 Å². The van der Waals surface area contributed by atoms with Crippen molar-refractivity contribution in [1.29, 1.82) is 0 Å². The smallest absolute Gasteiger partial charge is 0.243 e. The first kappa shape index (κ1) is 22.2. The maximum absolute atomic E-state index is 13.3. The Morgan fingerprint density at radius 2 is 1.57 bits per heavy atom. The first-order chi connectivity index (χ1) is 14.4. The molecule has 3 aromatic carbocycles. The Morgan fingerprint density at radius 3 is 2.23 bits per heavy atom. The van der Waals surface area contributed by atoms with Crippen LogP contribution in [0.1, 0.15) is 11.1 Å². The summed E-state index contributed by atoms with van der Waals surface area (Å²) in [6.45, 7) is 1.82. The average Bonchev–Trinajstić information content (AvgIpc) is 2.74. The fraction of sp³-hybridized carbons (Fsp3) is 0.174. The molecule has 0 unspecified atom stereocenters. The molecule has 30 heavy (non-hydrogen) atoms. The van der Waals surface area contributed by atoms with Crippen LogP contribution in [0.4, 0.5) is 5.69 Å². The molecule has 0 atom stereocenters. The van der Waals surface area contributed by atoms with Gasteiger partial charge in [0.2, 0.25) is 15.9 Å². The molecule has 156 valence electrons. The Kier molecular flexibility index (Phi) is 7.42. The molecule has 0 aliphatic carbocycles. The normalized spacial score (nSPS) is 11.4. The lowest BCUT2D eigenvalue weighted by Gasteiger charge is -2.22. The molecule has 5 nitrogen and oxygen atoms in total. The molecule has 0 saturated heterocycles. The summed E-state index contributed by atoms with van der Waals surface area (Å²) in [6, 6.07) is 23.5. The van der Waals surface area contributed by atoms with Crippen LogP contribution in [0.3, 0.4) is 0 Å². The van der Waals surface area contributed by atoms with Crippen molar-refractivity contribution < 1.29 is 13.2 Å². The summed E-state index contributed by atoms with van der Waals surface area (Å²) < 4.78 is 28.5. The number of nitrogens with one attached hydrogen (secondary N) is 1. The fourth-order valence-electron chi connectivity index (χ4n) is 2.95. The largest absolute Gasteiger partial charge is 0.324 e. The molecule has 0 bridgehead atoms. The molecule has 3 aromatic rings. The summed E-state index contributed by atoms with van der Waals surface area (Å²) in [5.74, 6) is -0.398. The molecule has 0 radical (unpaired) electrons. The minimum atomic E-state index is -3.82. The van der Waals surface area contributed by atoms with E-state index in [1.165, 1.54) is 4.31 Å². The average molecular weight is 487 g/mol. The van der Waals surface area contributed by atoms with Crippen molar-refractivity contribution in [2.24, 2.45) is 0 Å². The number of rotatable bonds is 8. The van der Waals surface area contributed by atoms with E-state index in [1.54, 1.807) is 36.4 Å². The third-order valence-electron chi connectivity index (χ3n) is 4.62. The van der Waals surface area contributed by atoms with E-state index in [1.807, 2.05) is 49.4 Å². The molecule has 7 heteroatoms. The topological polar surface area (TPSA) is 66.5 Å². The van der Waals surface area contributed by atoms with Gasteiger partial charge < -0.3 is 5.32 Å². The van der Waals surface area contributed by atoms with E-state index in [-0.39, 0.29) is 18.0 Å². The van der Waals surface area contributed by atoms with E-state index in [0.29, 0.717) is 12.1 Å². The second-order valence-electron chi connectivity index (χ2n) is 6.92. The number of carbonyl (C=O) groups excluding carboxylic acids is 1. The van der Waals surface area contributed by atoms with Gasteiger partial charge in [0.05, 0.1) is 17.1 Å². The van der Waals surface area contributed by atoms with Crippen LogP contribution >= 0.6 is 15.9 Å². The number of carbonyl (C=O) groups is 1. The van der Waals surface area contributed by atoms with Gasteiger partial charge in [-0.2, -0.15) is 4.31 Å². The third kappa shape index (κ3) is 5.78. The lowest BCUT2D eigenvalue weighted by molar-refractivity contribution is -0.116. The molecule has 0 saturated carbocycles. The number of amides is 1.